The van der Waals surface area contributed by atoms with Gasteiger partial charge in [-0.1, -0.05) is 38.8 Å². The number of hydrogen-bond acceptors (Lipinski definition) is 6. The minimum Gasteiger partial charge on any atom is -0.495 e. The van der Waals surface area contributed by atoms with Crippen LogP contribution in [0, 0.1) is 5.92 Å². The number of carbonyl (C=O) groups is 2. The highest BCUT2D eigenvalue weighted by Gasteiger charge is 2.24. The lowest BCUT2D eigenvalue weighted by Crippen LogP contribution is -2.47. The van der Waals surface area contributed by atoms with Crippen LogP contribution in [0.4, 0.5) is 17.1 Å². The van der Waals surface area contributed by atoms with E-state index < -0.39 is 0 Å². The molecule has 2 aromatic carbocycles. The predicted molar refractivity (Wildman–Crippen MR) is 159 cm³/mol. The van der Waals surface area contributed by atoms with Crippen LogP contribution in [0.3, 0.4) is 0 Å². The number of nitrogens with zero attached hydrogens (tertiary/aromatic N) is 2. The van der Waals surface area contributed by atoms with Gasteiger partial charge in [0.2, 0.25) is 5.91 Å². The maximum Gasteiger partial charge on any atom is 0.253 e. The number of carbonyl (C=O) groups excluding carboxylic acids is 2. The molecule has 39 heavy (non-hydrogen) atoms. The molecule has 8 nitrogen and oxygen atoms in total. The van der Waals surface area contributed by atoms with Gasteiger partial charge in [0.15, 0.2) is 0 Å². The lowest BCUT2D eigenvalue weighted by molar-refractivity contribution is -0.120. The third-order valence-electron chi connectivity index (χ3n) is 7.28. The Labute approximate surface area is 234 Å². The Bertz CT molecular complexity index is 1050. The highest BCUT2D eigenvalue weighted by molar-refractivity contribution is 6.02. The maximum absolute atomic E-state index is 13.4. The Hall–Kier alpha value is -3.26. The van der Waals surface area contributed by atoms with Gasteiger partial charge in [-0.25, -0.2) is 0 Å². The molecule has 0 spiro atoms. The van der Waals surface area contributed by atoms with E-state index in [-0.39, 0.29) is 17.7 Å². The first-order valence-corrected chi connectivity index (χ1v) is 14.5. The number of anilines is 3. The van der Waals surface area contributed by atoms with Crippen molar-refractivity contribution in [2.45, 2.75) is 52.9 Å². The van der Waals surface area contributed by atoms with Crippen molar-refractivity contribution in [1.29, 1.82) is 0 Å². The van der Waals surface area contributed by atoms with Gasteiger partial charge in [0.05, 0.1) is 18.4 Å². The second-order valence-corrected chi connectivity index (χ2v) is 9.92. The standard InChI is InChI=1S/C31H46N4O4/c1-5-8-12-24(6-2)30(36)33-25-15-16-27(26(23-25)31(37)32-17-11-22-39-7-3)34-18-20-35(21-19-34)28-13-9-10-14-29(28)38-4/h9-10,13-16,23-24H,5-8,11-12,17-22H2,1-4H3,(H,32,37)(H,33,36). The Morgan fingerprint density at radius 2 is 1.67 bits per heavy atom. The van der Waals surface area contributed by atoms with Crippen LogP contribution in [0.2, 0.25) is 0 Å². The van der Waals surface area contributed by atoms with Crippen LogP contribution < -0.4 is 25.2 Å². The third kappa shape index (κ3) is 8.62. The van der Waals surface area contributed by atoms with Crippen molar-refractivity contribution >= 4 is 28.9 Å². The molecule has 8 heteroatoms. The van der Waals surface area contributed by atoms with E-state index >= 15 is 0 Å². The van der Waals surface area contributed by atoms with Crippen LogP contribution in [0.1, 0.15) is 63.2 Å². The largest absolute Gasteiger partial charge is 0.495 e. The first kappa shape index (κ1) is 30.3. The number of methoxy groups -OCH3 is 1. The average Bonchev–Trinajstić information content (AvgIpc) is 2.97. The second kappa shape index (κ2) is 16.0. The summed E-state index contributed by atoms with van der Waals surface area (Å²) < 4.78 is 11.0. The summed E-state index contributed by atoms with van der Waals surface area (Å²) in [5, 5.41) is 6.12. The van der Waals surface area contributed by atoms with Gasteiger partial charge in [0, 0.05) is 63.2 Å². The summed E-state index contributed by atoms with van der Waals surface area (Å²) in [7, 11) is 1.70. The lowest BCUT2D eigenvalue weighted by atomic mass is 9.98. The van der Waals surface area contributed by atoms with Crippen LogP contribution in [0.15, 0.2) is 42.5 Å². The molecule has 0 aromatic heterocycles. The van der Waals surface area contributed by atoms with Crippen molar-refractivity contribution in [2.24, 2.45) is 5.92 Å². The molecule has 1 saturated heterocycles. The molecule has 0 radical (unpaired) electrons. The number of piperazine rings is 1. The maximum atomic E-state index is 13.4. The van der Waals surface area contributed by atoms with Crippen LogP contribution in [-0.2, 0) is 9.53 Å². The molecule has 2 N–H and O–H groups in total. The normalized spacial score (nSPS) is 14.2. The van der Waals surface area contributed by atoms with Crippen LogP contribution >= 0.6 is 0 Å². The van der Waals surface area contributed by atoms with Gasteiger partial charge in [0.1, 0.15) is 5.75 Å². The number of nitrogens with one attached hydrogen (secondary N) is 2. The van der Waals surface area contributed by atoms with Gasteiger partial charge in [0.25, 0.3) is 5.91 Å². The molecular weight excluding hydrogens is 492 g/mol. The zero-order valence-electron chi connectivity index (χ0n) is 24.1. The monoisotopic (exact) mass is 538 g/mol. The Morgan fingerprint density at radius 1 is 0.949 bits per heavy atom. The van der Waals surface area contributed by atoms with Crippen LogP contribution in [-0.4, -0.2) is 64.9 Å². The topological polar surface area (TPSA) is 83.1 Å². The quantitative estimate of drug-likeness (QED) is 0.298. The summed E-state index contributed by atoms with van der Waals surface area (Å²) in [6.45, 7) is 11.1. The summed E-state index contributed by atoms with van der Waals surface area (Å²) in [5.41, 5.74) is 3.20. The number of para-hydroxylation sites is 2. The smallest absolute Gasteiger partial charge is 0.253 e. The zero-order chi connectivity index (χ0) is 28.0. The number of unbranched alkanes of at least 4 members (excludes halogenated alkanes) is 1. The van der Waals surface area contributed by atoms with E-state index in [1.54, 1.807) is 7.11 Å². The number of ether oxygens (including phenoxy) is 2. The molecule has 0 aliphatic carbocycles. The highest BCUT2D eigenvalue weighted by Crippen LogP contribution is 2.31. The average molecular weight is 539 g/mol. The summed E-state index contributed by atoms with van der Waals surface area (Å²) in [5.74, 6) is 0.723. The number of hydrogen-bond donors (Lipinski definition) is 2. The van der Waals surface area contributed by atoms with Crippen molar-refractivity contribution in [1.82, 2.24) is 5.32 Å². The molecule has 1 atom stereocenters. The van der Waals surface area contributed by atoms with E-state index in [0.29, 0.717) is 31.0 Å². The van der Waals surface area contributed by atoms with Gasteiger partial charge in [-0.05, 0) is 56.5 Å². The zero-order valence-corrected chi connectivity index (χ0v) is 24.1. The van der Waals surface area contributed by atoms with Crippen molar-refractivity contribution in [3.8, 4) is 5.75 Å². The van der Waals surface area contributed by atoms with Crippen molar-refractivity contribution in [3.05, 3.63) is 48.0 Å². The van der Waals surface area contributed by atoms with Gasteiger partial charge in [-0.15, -0.1) is 0 Å². The molecule has 0 saturated carbocycles. The Kier molecular flexibility index (Phi) is 12.4. The van der Waals surface area contributed by atoms with E-state index in [0.717, 1.165) is 75.4 Å². The lowest BCUT2D eigenvalue weighted by Gasteiger charge is -2.38. The molecule has 1 fully saturated rings. The molecule has 1 unspecified atom stereocenters. The molecule has 1 heterocycles. The summed E-state index contributed by atoms with van der Waals surface area (Å²) in [4.78, 5) is 30.9. The molecule has 3 rings (SSSR count). The van der Waals surface area contributed by atoms with E-state index in [9.17, 15) is 9.59 Å². The fourth-order valence-electron chi connectivity index (χ4n) is 4.98. The molecular formula is C31H46N4O4. The van der Waals surface area contributed by atoms with Crippen LogP contribution in [0.5, 0.6) is 5.75 Å². The molecule has 2 aromatic rings. The van der Waals surface area contributed by atoms with Crippen LogP contribution in [0.25, 0.3) is 0 Å². The third-order valence-corrected chi connectivity index (χ3v) is 7.28. The number of rotatable bonds is 15. The summed E-state index contributed by atoms with van der Waals surface area (Å²) >= 11 is 0. The Morgan fingerprint density at radius 3 is 2.33 bits per heavy atom. The molecule has 1 aliphatic heterocycles. The van der Waals surface area contributed by atoms with Gasteiger partial charge < -0.3 is 29.9 Å². The van der Waals surface area contributed by atoms with Gasteiger partial charge >= 0.3 is 0 Å². The SMILES string of the molecule is CCCCC(CC)C(=O)Nc1ccc(N2CCN(c3ccccc3OC)CC2)c(C(=O)NCCCOCC)c1. The molecule has 1 aliphatic rings. The first-order chi connectivity index (χ1) is 19.0. The van der Waals surface area contributed by atoms with Crippen molar-refractivity contribution < 1.29 is 19.1 Å². The van der Waals surface area contributed by atoms with E-state index in [1.165, 1.54) is 0 Å². The Balaban J connectivity index is 1.76. The summed E-state index contributed by atoms with van der Waals surface area (Å²) in [6.07, 6.45) is 4.52. The van der Waals surface area contributed by atoms with E-state index in [1.807, 2.05) is 43.3 Å². The highest BCUT2D eigenvalue weighted by atomic mass is 16.5. The minimum absolute atomic E-state index is 0.0206. The van der Waals surface area contributed by atoms with Gasteiger partial charge in [-0.3, -0.25) is 9.59 Å². The fourth-order valence-corrected chi connectivity index (χ4v) is 4.98. The predicted octanol–water partition coefficient (Wildman–Crippen LogP) is 5.33. The van der Waals surface area contributed by atoms with E-state index in [4.69, 9.17) is 9.47 Å². The van der Waals surface area contributed by atoms with Gasteiger partial charge in [-0.2, -0.15) is 0 Å². The van der Waals surface area contributed by atoms with Crippen molar-refractivity contribution in [3.63, 3.8) is 0 Å². The second-order valence-electron chi connectivity index (χ2n) is 9.92. The number of benzene rings is 2. The molecule has 0 bridgehead atoms. The molecule has 214 valence electrons. The minimum atomic E-state index is -0.136. The van der Waals surface area contributed by atoms with Crippen molar-refractivity contribution in [2.75, 3.05) is 68.2 Å². The number of amides is 2. The fraction of sp³-hybridized carbons (Fsp3) is 0.548. The first-order valence-electron chi connectivity index (χ1n) is 14.5. The molecule has 2 amide bonds. The van der Waals surface area contributed by atoms with E-state index in [2.05, 4.69) is 40.3 Å². The summed E-state index contributed by atoms with van der Waals surface area (Å²) in [6, 6.07) is 13.8.